The zero-order valence-corrected chi connectivity index (χ0v) is 13.6. The number of halogens is 3. The third-order valence-electron chi connectivity index (χ3n) is 2.80. The monoisotopic (exact) mass is 374 g/mol. The maximum Gasteiger partial charge on any atom is 0.573 e. The first-order valence-electron chi connectivity index (χ1n) is 6.77. The number of alkyl halides is 3. The van der Waals surface area contributed by atoms with E-state index < -0.39 is 28.0 Å². The highest BCUT2D eigenvalue weighted by molar-refractivity contribution is 7.92. The van der Waals surface area contributed by atoms with Gasteiger partial charge in [-0.25, -0.2) is 8.42 Å². The summed E-state index contributed by atoms with van der Waals surface area (Å²) < 4.78 is 64.4. The molecular formula is C15H13F3N2O4S. The molecule has 0 spiro atoms. The van der Waals surface area contributed by atoms with Crippen LogP contribution in [0, 0.1) is 0 Å². The summed E-state index contributed by atoms with van der Waals surface area (Å²) >= 11 is 0. The Morgan fingerprint density at radius 3 is 1.96 bits per heavy atom. The van der Waals surface area contributed by atoms with Gasteiger partial charge in [0.05, 0.1) is 6.26 Å². The van der Waals surface area contributed by atoms with E-state index >= 15 is 0 Å². The topological polar surface area (TPSA) is 84.5 Å². The van der Waals surface area contributed by atoms with Crippen molar-refractivity contribution < 1.29 is 31.1 Å². The molecule has 0 aliphatic heterocycles. The molecular weight excluding hydrogens is 361 g/mol. The first-order valence-corrected chi connectivity index (χ1v) is 8.66. The van der Waals surface area contributed by atoms with E-state index in [1.807, 2.05) is 0 Å². The lowest BCUT2D eigenvalue weighted by Gasteiger charge is -2.10. The van der Waals surface area contributed by atoms with Crippen molar-refractivity contribution in [2.45, 2.75) is 6.36 Å². The molecule has 0 bridgehead atoms. The zero-order valence-electron chi connectivity index (χ0n) is 12.8. The third-order valence-corrected chi connectivity index (χ3v) is 3.40. The number of hydrogen-bond donors (Lipinski definition) is 2. The van der Waals surface area contributed by atoms with Gasteiger partial charge in [0.15, 0.2) is 0 Å². The fourth-order valence-electron chi connectivity index (χ4n) is 1.85. The SMILES string of the molecule is CS(=O)(=O)Nc1ccc(C(=O)Nc2ccc(OC(F)(F)F)cc2)cc1. The molecule has 0 saturated heterocycles. The van der Waals surface area contributed by atoms with Crippen LogP contribution in [-0.4, -0.2) is 26.9 Å². The number of carbonyl (C=O) groups is 1. The van der Waals surface area contributed by atoms with Crippen molar-refractivity contribution >= 4 is 27.3 Å². The Kier molecular flexibility index (Phi) is 5.21. The number of ether oxygens (including phenoxy) is 1. The second-order valence-electron chi connectivity index (χ2n) is 4.98. The number of nitrogens with one attached hydrogen (secondary N) is 2. The Labute approximate surface area is 141 Å². The number of rotatable bonds is 5. The molecule has 0 fully saturated rings. The normalized spacial score (nSPS) is 11.7. The molecule has 10 heteroatoms. The molecule has 6 nitrogen and oxygen atoms in total. The van der Waals surface area contributed by atoms with Crippen LogP contribution in [0.4, 0.5) is 24.5 Å². The fourth-order valence-corrected chi connectivity index (χ4v) is 2.41. The van der Waals surface area contributed by atoms with Crippen LogP contribution in [-0.2, 0) is 10.0 Å². The second kappa shape index (κ2) is 7.01. The Morgan fingerprint density at radius 2 is 1.48 bits per heavy atom. The number of hydrogen-bond acceptors (Lipinski definition) is 4. The summed E-state index contributed by atoms with van der Waals surface area (Å²) in [6, 6.07) is 10.3. The molecule has 0 unspecified atom stereocenters. The lowest BCUT2D eigenvalue weighted by molar-refractivity contribution is -0.274. The van der Waals surface area contributed by atoms with Crippen molar-refractivity contribution in [1.82, 2.24) is 0 Å². The quantitative estimate of drug-likeness (QED) is 0.842. The second-order valence-corrected chi connectivity index (χ2v) is 6.73. The molecule has 1 amide bonds. The molecule has 0 heterocycles. The van der Waals surface area contributed by atoms with Gasteiger partial charge in [-0.05, 0) is 48.5 Å². The smallest absolute Gasteiger partial charge is 0.406 e. The Morgan fingerprint density at radius 1 is 0.960 bits per heavy atom. The van der Waals surface area contributed by atoms with E-state index in [4.69, 9.17) is 0 Å². The van der Waals surface area contributed by atoms with Crippen LogP contribution in [0.25, 0.3) is 0 Å². The minimum absolute atomic E-state index is 0.245. The fraction of sp³-hybridized carbons (Fsp3) is 0.133. The van der Waals surface area contributed by atoms with Crippen LogP contribution in [0.15, 0.2) is 48.5 Å². The molecule has 0 atom stereocenters. The molecule has 0 radical (unpaired) electrons. The van der Waals surface area contributed by atoms with Gasteiger partial charge in [0, 0.05) is 16.9 Å². The van der Waals surface area contributed by atoms with Crippen LogP contribution in [0.2, 0.25) is 0 Å². The van der Waals surface area contributed by atoms with E-state index in [-0.39, 0.29) is 11.3 Å². The molecule has 2 N–H and O–H groups in total. The maximum absolute atomic E-state index is 12.1. The van der Waals surface area contributed by atoms with Crippen LogP contribution in [0.3, 0.4) is 0 Å². The number of amides is 1. The summed E-state index contributed by atoms with van der Waals surface area (Å²) in [6.45, 7) is 0. The van der Waals surface area contributed by atoms with Gasteiger partial charge in [0.1, 0.15) is 5.75 Å². The largest absolute Gasteiger partial charge is 0.573 e. The Balaban J connectivity index is 2.02. The van der Waals surface area contributed by atoms with Crippen molar-refractivity contribution in [3.63, 3.8) is 0 Å². The van der Waals surface area contributed by atoms with Gasteiger partial charge in [0.25, 0.3) is 5.91 Å². The maximum atomic E-state index is 12.1. The van der Waals surface area contributed by atoms with E-state index in [9.17, 15) is 26.4 Å². The van der Waals surface area contributed by atoms with Crippen molar-refractivity contribution in [2.24, 2.45) is 0 Å². The molecule has 2 rings (SSSR count). The minimum atomic E-state index is -4.79. The Hall–Kier alpha value is -2.75. The summed E-state index contributed by atoms with van der Waals surface area (Å²) in [5.74, 6) is -0.905. The standard InChI is InChI=1S/C15H13F3N2O4S/c1-25(22,23)20-12-4-2-10(3-5-12)14(21)19-11-6-8-13(9-7-11)24-15(16,17)18/h2-9,20H,1H3,(H,19,21). The van der Waals surface area contributed by atoms with E-state index in [1.165, 1.54) is 36.4 Å². The average Bonchev–Trinajstić information content (AvgIpc) is 2.47. The van der Waals surface area contributed by atoms with E-state index in [2.05, 4.69) is 14.8 Å². The third kappa shape index (κ3) is 6.34. The van der Waals surface area contributed by atoms with Crippen molar-refractivity contribution in [2.75, 3.05) is 16.3 Å². The van der Waals surface area contributed by atoms with Gasteiger partial charge in [-0.15, -0.1) is 13.2 Å². The van der Waals surface area contributed by atoms with Crippen molar-refractivity contribution in [3.05, 3.63) is 54.1 Å². The first kappa shape index (κ1) is 18.6. The van der Waals surface area contributed by atoms with E-state index in [1.54, 1.807) is 0 Å². The molecule has 0 saturated carbocycles. The lowest BCUT2D eigenvalue weighted by Crippen LogP contribution is -2.17. The first-order chi connectivity index (χ1) is 11.5. The number of benzene rings is 2. The van der Waals surface area contributed by atoms with Crippen LogP contribution >= 0.6 is 0 Å². The summed E-state index contributed by atoms with van der Waals surface area (Å²) in [5, 5.41) is 2.50. The molecule has 0 aromatic heterocycles. The number of sulfonamides is 1. The molecule has 0 aliphatic rings. The van der Waals surface area contributed by atoms with Crippen LogP contribution in [0.1, 0.15) is 10.4 Å². The summed E-state index contributed by atoms with van der Waals surface area (Å²) in [7, 11) is -3.42. The van der Waals surface area contributed by atoms with Crippen LogP contribution < -0.4 is 14.8 Å². The van der Waals surface area contributed by atoms with E-state index in [0.29, 0.717) is 5.69 Å². The summed E-state index contributed by atoms with van der Waals surface area (Å²) in [5.41, 5.74) is 0.820. The zero-order chi connectivity index (χ0) is 18.7. The molecule has 2 aromatic rings. The summed E-state index contributed by atoms with van der Waals surface area (Å²) in [6.07, 6.45) is -3.79. The van der Waals surface area contributed by atoms with Gasteiger partial charge < -0.3 is 10.1 Å². The van der Waals surface area contributed by atoms with Crippen LogP contribution in [0.5, 0.6) is 5.75 Å². The van der Waals surface area contributed by atoms with Gasteiger partial charge in [-0.3, -0.25) is 9.52 Å². The minimum Gasteiger partial charge on any atom is -0.406 e. The lowest BCUT2D eigenvalue weighted by atomic mass is 10.2. The number of anilines is 2. The average molecular weight is 374 g/mol. The van der Waals surface area contributed by atoms with Crippen molar-refractivity contribution in [1.29, 1.82) is 0 Å². The highest BCUT2D eigenvalue weighted by Gasteiger charge is 2.30. The molecule has 134 valence electrons. The molecule has 2 aromatic carbocycles. The van der Waals surface area contributed by atoms with Gasteiger partial charge >= 0.3 is 6.36 Å². The predicted octanol–water partition coefficient (Wildman–Crippen LogP) is 3.21. The van der Waals surface area contributed by atoms with Crippen molar-refractivity contribution in [3.8, 4) is 5.75 Å². The van der Waals surface area contributed by atoms with Gasteiger partial charge in [0.2, 0.25) is 10.0 Å². The predicted molar refractivity (Wildman–Crippen MR) is 86.0 cm³/mol. The number of carbonyl (C=O) groups excluding carboxylic acids is 1. The summed E-state index contributed by atoms with van der Waals surface area (Å²) in [4.78, 5) is 12.1. The highest BCUT2D eigenvalue weighted by Crippen LogP contribution is 2.24. The van der Waals surface area contributed by atoms with Gasteiger partial charge in [-0.2, -0.15) is 0 Å². The Bertz CT molecular complexity index is 848. The van der Waals surface area contributed by atoms with Gasteiger partial charge in [-0.1, -0.05) is 0 Å². The molecule has 25 heavy (non-hydrogen) atoms. The molecule has 0 aliphatic carbocycles. The highest BCUT2D eigenvalue weighted by atomic mass is 32.2. The van der Waals surface area contributed by atoms with E-state index in [0.717, 1.165) is 18.4 Å².